The van der Waals surface area contributed by atoms with Crippen molar-refractivity contribution in [3.8, 4) is 11.3 Å². The van der Waals surface area contributed by atoms with E-state index in [1.54, 1.807) is 19.1 Å². The largest absolute Gasteiger partial charge is 0.333 e. The molecular formula is C16H19F2N5O. The van der Waals surface area contributed by atoms with Crippen LogP contribution < -0.4 is 11.1 Å². The lowest BCUT2D eigenvalue weighted by Gasteiger charge is -2.18. The molecule has 1 aliphatic heterocycles. The Morgan fingerprint density at radius 2 is 2.21 bits per heavy atom. The molecule has 0 aliphatic carbocycles. The first kappa shape index (κ1) is 16.5. The lowest BCUT2D eigenvalue weighted by molar-refractivity contribution is -0.119. The average molecular weight is 335 g/mol. The summed E-state index contributed by atoms with van der Waals surface area (Å²) in [5, 5.41) is 6.44. The first-order chi connectivity index (χ1) is 11.5. The maximum atomic E-state index is 13.3. The summed E-state index contributed by atoms with van der Waals surface area (Å²) in [6.45, 7) is -1.01. The zero-order valence-electron chi connectivity index (χ0n) is 13.2. The van der Waals surface area contributed by atoms with Crippen molar-refractivity contribution in [2.75, 3.05) is 5.32 Å². The monoisotopic (exact) mass is 335 g/mol. The van der Waals surface area contributed by atoms with E-state index in [9.17, 15) is 13.6 Å². The van der Waals surface area contributed by atoms with E-state index in [1.165, 1.54) is 12.4 Å². The molecule has 2 aromatic heterocycles. The fourth-order valence-electron chi connectivity index (χ4n) is 2.87. The number of carbonyl (C=O) groups is 1. The topological polar surface area (TPSA) is 85.8 Å². The molecule has 6 nitrogen and oxygen atoms in total. The van der Waals surface area contributed by atoms with Crippen LogP contribution in [0.1, 0.15) is 44.5 Å². The van der Waals surface area contributed by atoms with Crippen LogP contribution in [0.4, 0.5) is 14.5 Å². The van der Waals surface area contributed by atoms with Crippen molar-refractivity contribution in [2.45, 2.75) is 38.8 Å². The van der Waals surface area contributed by atoms with Gasteiger partial charge in [-0.1, -0.05) is 13.3 Å². The van der Waals surface area contributed by atoms with Gasteiger partial charge in [0.15, 0.2) is 0 Å². The number of amides is 1. The Morgan fingerprint density at radius 1 is 1.42 bits per heavy atom. The van der Waals surface area contributed by atoms with Crippen LogP contribution in [0.3, 0.4) is 0 Å². The second-order valence-corrected chi connectivity index (χ2v) is 6.03. The molecule has 3 rings (SSSR count). The second-order valence-electron chi connectivity index (χ2n) is 6.03. The molecule has 2 bridgehead atoms. The van der Waals surface area contributed by atoms with Crippen LogP contribution in [0.5, 0.6) is 0 Å². The van der Waals surface area contributed by atoms with Crippen molar-refractivity contribution < 1.29 is 13.6 Å². The summed E-state index contributed by atoms with van der Waals surface area (Å²) in [4.78, 5) is 16.6. The van der Waals surface area contributed by atoms with Gasteiger partial charge in [0.2, 0.25) is 5.91 Å². The number of nitrogens with two attached hydrogens (primary N) is 1. The number of hydrogen-bond donors (Lipinski definition) is 2. The lowest BCUT2D eigenvalue weighted by Crippen LogP contribution is -2.22. The number of fused-ring (bicyclic) bond motifs is 4. The Balaban J connectivity index is 2.15. The Morgan fingerprint density at radius 3 is 2.96 bits per heavy atom. The van der Waals surface area contributed by atoms with Crippen LogP contribution in [0.2, 0.25) is 0 Å². The Hall–Kier alpha value is -2.35. The van der Waals surface area contributed by atoms with Gasteiger partial charge >= 0.3 is 6.55 Å². The van der Waals surface area contributed by atoms with Crippen LogP contribution in [-0.2, 0) is 4.79 Å². The maximum Gasteiger partial charge on any atom is 0.333 e. The first-order valence-corrected chi connectivity index (χ1v) is 7.85. The number of carbonyl (C=O) groups excluding carboxylic acids is 1. The third-order valence-corrected chi connectivity index (χ3v) is 4.27. The summed E-state index contributed by atoms with van der Waals surface area (Å²) < 4.78 is 27.2. The molecule has 128 valence electrons. The highest BCUT2D eigenvalue weighted by molar-refractivity contribution is 5.95. The number of rotatable bonds is 1. The molecular weight excluding hydrogens is 316 g/mol. The minimum atomic E-state index is -2.82. The van der Waals surface area contributed by atoms with Crippen molar-refractivity contribution in [1.82, 2.24) is 14.8 Å². The van der Waals surface area contributed by atoms with Crippen molar-refractivity contribution in [1.29, 1.82) is 0 Å². The number of nitrogens with one attached hydrogen (secondary N) is 1. The molecule has 1 aliphatic rings. The van der Waals surface area contributed by atoms with E-state index in [0.717, 1.165) is 6.42 Å². The molecule has 8 heteroatoms. The molecule has 3 N–H and O–H groups in total. The number of pyridine rings is 1. The van der Waals surface area contributed by atoms with Crippen LogP contribution in [0.15, 0.2) is 24.5 Å². The summed E-state index contributed by atoms with van der Waals surface area (Å²) in [5.41, 5.74) is 7.71. The highest BCUT2D eigenvalue weighted by Gasteiger charge is 2.23. The quantitative estimate of drug-likeness (QED) is 0.838. The number of halogens is 2. The number of anilines is 1. The molecule has 0 aromatic carbocycles. The predicted octanol–water partition coefficient (Wildman–Crippen LogP) is 3.10. The van der Waals surface area contributed by atoms with Crippen molar-refractivity contribution in [2.24, 2.45) is 11.7 Å². The van der Waals surface area contributed by atoms with Crippen LogP contribution >= 0.6 is 0 Å². The van der Waals surface area contributed by atoms with Gasteiger partial charge in [0.1, 0.15) is 0 Å². The van der Waals surface area contributed by atoms with E-state index < -0.39 is 6.55 Å². The summed E-state index contributed by atoms with van der Waals surface area (Å²) >= 11 is 0. The molecule has 0 saturated heterocycles. The zero-order valence-corrected chi connectivity index (χ0v) is 13.2. The third-order valence-electron chi connectivity index (χ3n) is 4.27. The van der Waals surface area contributed by atoms with Gasteiger partial charge in [-0.3, -0.25) is 9.78 Å². The van der Waals surface area contributed by atoms with Crippen molar-refractivity contribution in [3.63, 3.8) is 0 Å². The van der Waals surface area contributed by atoms with Gasteiger partial charge in [-0.25, -0.2) is 4.68 Å². The summed E-state index contributed by atoms with van der Waals surface area (Å²) in [6, 6.07) is 2.99. The summed E-state index contributed by atoms with van der Waals surface area (Å²) in [7, 11) is 0. The Labute approximate surface area is 138 Å². The predicted molar refractivity (Wildman–Crippen MR) is 85.3 cm³/mol. The van der Waals surface area contributed by atoms with Gasteiger partial charge in [-0.2, -0.15) is 13.9 Å². The molecule has 2 atom stereocenters. The molecule has 0 saturated carbocycles. The minimum absolute atomic E-state index is 0.155. The zero-order chi connectivity index (χ0) is 17.3. The number of aromatic nitrogens is 3. The van der Waals surface area contributed by atoms with Gasteiger partial charge in [0.25, 0.3) is 0 Å². The summed E-state index contributed by atoms with van der Waals surface area (Å²) in [6.07, 6.45) is 4.91. The molecule has 1 amide bonds. The molecule has 0 unspecified atom stereocenters. The average Bonchev–Trinajstić information content (AvgIpc) is 2.97. The van der Waals surface area contributed by atoms with E-state index in [0.29, 0.717) is 28.8 Å². The maximum absolute atomic E-state index is 13.3. The number of hydrogen-bond acceptors (Lipinski definition) is 4. The van der Waals surface area contributed by atoms with Crippen LogP contribution in [0, 0.1) is 5.92 Å². The van der Waals surface area contributed by atoms with Crippen molar-refractivity contribution in [3.05, 3.63) is 30.2 Å². The molecule has 0 fully saturated rings. The van der Waals surface area contributed by atoms with E-state index in [2.05, 4.69) is 15.4 Å². The fourth-order valence-corrected chi connectivity index (χ4v) is 2.87. The standard InChI is InChI=1S/C16H19F2N5O/c1-9-3-2-4-11(19)12-7-10(5-6-20-12)14-13(22-15(9)24)8-21-23(14)16(17)18/h5-9,11,16H,2-4,19H2,1H3,(H,22,24)/t9-,11+/m0/s1. The fraction of sp³-hybridized carbons (Fsp3) is 0.438. The molecule has 0 radical (unpaired) electrons. The highest BCUT2D eigenvalue weighted by atomic mass is 19.3. The first-order valence-electron chi connectivity index (χ1n) is 7.85. The van der Waals surface area contributed by atoms with Gasteiger partial charge in [-0.15, -0.1) is 0 Å². The van der Waals surface area contributed by atoms with E-state index in [1.807, 2.05) is 0 Å². The van der Waals surface area contributed by atoms with Crippen LogP contribution in [-0.4, -0.2) is 20.7 Å². The van der Waals surface area contributed by atoms with E-state index >= 15 is 0 Å². The Bertz CT molecular complexity index is 746. The Kier molecular flexibility index (Phi) is 4.57. The van der Waals surface area contributed by atoms with E-state index in [4.69, 9.17) is 5.73 Å². The number of nitrogens with zero attached hydrogens (tertiary/aromatic N) is 3. The van der Waals surface area contributed by atoms with Gasteiger partial charge < -0.3 is 11.1 Å². The smallest absolute Gasteiger partial charge is 0.323 e. The molecule has 24 heavy (non-hydrogen) atoms. The van der Waals surface area contributed by atoms with E-state index in [-0.39, 0.29) is 29.2 Å². The molecule has 2 aromatic rings. The van der Waals surface area contributed by atoms with Gasteiger partial charge in [0.05, 0.1) is 23.3 Å². The van der Waals surface area contributed by atoms with Crippen LogP contribution in [0.25, 0.3) is 11.3 Å². The molecule has 0 spiro atoms. The normalized spacial score (nSPS) is 21.6. The highest BCUT2D eigenvalue weighted by Crippen LogP contribution is 2.33. The minimum Gasteiger partial charge on any atom is -0.323 e. The van der Waals surface area contributed by atoms with Gasteiger partial charge in [0, 0.05) is 23.7 Å². The lowest BCUT2D eigenvalue weighted by atomic mass is 9.97. The second kappa shape index (κ2) is 6.64. The SMILES string of the molecule is C[C@H]1CCC[C@@H](N)c2cc(ccn2)-c2c(cnn2C(F)F)NC1=O. The number of alkyl halides is 2. The molecule has 3 heterocycles. The van der Waals surface area contributed by atoms with Gasteiger partial charge in [-0.05, 0) is 25.0 Å². The summed E-state index contributed by atoms with van der Waals surface area (Å²) in [5.74, 6) is -0.459. The third kappa shape index (κ3) is 3.14. The van der Waals surface area contributed by atoms with Crippen molar-refractivity contribution >= 4 is 11.6 Å².